The molecule has 6 heteroatoms. The minimum absolute atomic E-state index is 0.0248. The molecule has 1 aliphatic carbocycles. The fourth-order valence-corrected chi connectivity index (χ4v) is 3.69. The molecule has 29 heavy (non-hydrogen) atoms. The van der Waals surface area contributed by atoms with E-state index < -0.39 is 11.6 Å². The highest BCUT2D eigenvalue weighted by Crippen LogP contribution is 2.42. The highest BCUT2D eigenvalue weighted by atomic mass is 35.5. The van der Waals surface area contributed by atoms with Crippen molar-refractivity contribution in [1.82, 2.24) is 0 Å². The molecule has 4 rings (SSSR count). The largest absolute Gasteiger partial charge is 0.507 e. The first-order valence-electron chi connectivity index (χ1n) is 9.13. The first kappa shape index (κ1) is 19.0. The van der Waals surface area contributed by atoms with Gasteiger partial charge in [-0.25, -0.2) is 0 Å². The summed E-state index contributed by atoms with van der Waals surface area (Å²) in [5, 5.41) is 21.1. The Balaban J connectivity index is 1.81. The number of phenols is 2. The Labute approximate surface area is 172 Å². The van der Waals surface area contributed by atoms with Crippen LogP contribution < -0.4 is 4.74 Å². The molecule has 1 aliphatic rings. The molecule has 146 valence electrons. The molecule has 0 saturated heterocycles. The molecule has 0 atom stereocenters. The average molecular weight is 409 g/mol. The van der Waals surface area contributed by atoms with Crippen molar-refractivity contribution >= 4 is 23.2 Å². The molecule has 0 saturated carbocycles. The van der Waals surface area contributed by atoms with Gasteiger partial charge in [0.2, 0.25) is 0 Å². The van der Waals surface area contributed by atoms with Crippen LogP contribution in [-0.4, -0.2) is 28.4 Å². The number of hydrogen-bond acceptors (Lipinski definition) is 5. The van der Waals surface area contributed by atoms with Crippen LogP contribution in [0.3, 0.4) is 0 Å². The lowest BCUT2D eigenvalue weighted by Gasteiger charge is -2.21. The Morgan fingerprint density at radius 2 is 1.52 bits per heavy atom. The van der Waals surface area contributed by atoms with E-state index in [0.29, 0.717) is 23.5 Å². The summed E-state index contributed by atoms with van der Waals surface area (Å²) in [6.45, 7) is 2.62. The highest BCUT2D eigenvalue weighted by Gasteiger charge is 2.35. The third kappa shape index (κ3) is 3.13. The number of carbonyl (C=O) groups excluding carboxylic acids is 2. The number of benzene rings is 3. The first-order chi connectivity index (χ1) is 13.9. The van der Waals surface area contributed by atoms with Crippen molar-refractivity contribution in [3.05, 3.63) is 75.8 Å². The second kappa shape index (κ2) is 7.26. The van der Waals surface area contributed by atoms with Crippen molar-refractivity contribution in [2.24, 2.45) is 0 Å². The van der Waals surface area contributed by atoms with Gasteiger partial charge >= 0.3 is 0 Å². The number of fused-ring (bicyclic) bond motifs is 2. The number of carbonyl (C=O) groups is 2. The summed E-state index contributed by atoms with van der Waals surface area (Å²) in [6.07, 6.45) is 0.893. The molecule has 0 heterocycles. The van der Waals surface area contributed by atoms with E-state index in [1.165, 1.54) is 18.2 Å². The smallest absolute Gasteiger partial charge is 0.198 e. The normalized spacial score (nSPS) is 12.5. The van der Waals surface area contributed by atoms with Crippen LogP contribution in [0.25, 0.3) is 11.1 Å². The van der Waals surface area contributed by atoms with Gasteiger partial charge in [0.25, 0.3) is 0 Å². The Morgan fingerprint density at radius 3 is 2.21 bits per heavy atom. The van der Waals surface area contributed by atoms with Gasteiger partial charge in [0, 0.05) is 21.7 Å². The molecule has 0 bridgehead atoms. The highest BCUT2D eigenvalue weighted by molar-refractivity contribution is 6.34. The van der Waals surface area contributed by atoms with Crippen LogP contribution in [0.15, 0.2) is 48.5 Å². The molecular formula is C23H17ClO5. The monoisotopic (exact) mass is 408 g/mol. The number of phenolic OH excluding ortho intramolecular Hbond substituents is 2. The van der Waals surface area contributed by atoms with Gasteiger partial charge < -0.3 is 14.9 Å². The summed E-state index contributed by atoms with van der Waals surface area (Å²) in [6, 6.07) is 12.7. The molecule has 0 aliphatic heterocycles. The molecule has 0 spiro atoms. The maximum Gasteiger partial charge on any atom is 0.198 e. The number of aromatic hydroxyl groups is 2. The Bertz CT molecular complexity index is 1150. The number of ether oxygens (including phenoxy) is 1. The summed E-state index contributed by atoms with van der Waals surface area (Å²) < 4.78 is 5.56. The molecule has 3 aromatic rings. The van der Waals surface area contributed by atoms with Gasteiger partial charge in [-0.1, -0.05) is 30.7 Å². The van der Waals surface area contributed by atoms with Crippen LogP contribution >= 0.6 is 11.6 Å². The Morgan fingerprint density at radius 1 is 0.862 bits per heavy atom. The van der Waals surface area contributed by atoms with E-state index in [-0.39, 0.29) is 38.8 Å². The van der Waals surface area contributed by atoms with Crippen LogP contribution in [-0.2, 0) is 0 Å². The van der Waals surface area contributed by atoms with Crippen molar-refractivity contribution in [1.29, 1.82) is 0 Å². The van der Waals surface area contributed by atoms with E-state index in [2.05, 4.69) is 0 Å². The van der Waals surface area contributed by atoms with Crippen molar-refractivity contribution < 1.29 is 24.5 Å². The fraction of sp³-hybridized carbons (Fsp3) is 0.130. The molecule has 0 aromatic heterocycles. The van der Waals surface area contributed by atoms with E-state index in [1.807, 2.05) is 6.92 Å². The zero-order valence-corrected chi connectivity index (χ0v) is 16.3. The lowest BCUT2D eigenvalue weighted by molar-refractivity contribution is 0.0974. The standard InChI is InChI=1S/C23H17ClO5/c1-2-9-29-14-5-3-12(4-6-14)15-7-8-16-20(21(15)26)23(28)17-10-13(24)11-18(25)19(17)22(16)27/h3-8,10-11,25-26H,2,9H2,1H3. The second-order valence-corrected chi connectivity index (χ2v) is 7.20. The van der Waals surface area contributed by atoms with Gasteiger partial charge in [0.05, 0.1) is 17.7 Å². The molecule has 3 aromatic carbocycles. The topological polar surface area (TPSA) is 83.8 Å². The van der Waals surface area contributed by atoms with Crippen LogP contribution in [0.5, 0.6) is 17.2 Å². The Kier molecular flexibility index (Phi) is 4.76. The summed E-state index contributed by atoms with van der Waals surface area (Å²) in [5.74, 6) is -1.03. The van der Waals surface area contributed by atoms with Crippen molar-refractivity contribution in [2.75, 3.05) is 6.61 Å². The zero-order chi connectivity index (χ0) is 20.7. The van der Waals surface area contributed by atoms with Gasteiger partial charge in [-0.15, -0.1) is 0 Å². The predicted molar refractivity (Wildman–Crippen MR) is 109 cm³/mol. The first-order valence-corrected chi connectivity index (χ1v) is 9.51. The number of halogens is 1. The SMILES string of the molecule is CCCOc1ccc(-c2ccc3c(c2O)C(=O)c2cc(Cl)cc(O)c2C3=O)cc1. The second-order valence-electron chi connectivity index (χ2n) is 6.76. The number of ketones is 2. The minimum Gasteiger partial charge on any atom is -0.507 e. The molecule has 0 amide bonds. The Hall–Kier alpha value is -3.31. The predicted octanol–water partition coefficient (Wildman–Crippen LogP) is 4.98. The van der Waals surface area contributed by atoms with Crippen LogP contribution in [0.4, 0.5) is 0 Å². The molecule has 2 N–H and O–H groups in total. The lowest BCUT2D eigenvalue weighted by Crippen LogP contribution is -2.21. The lowest BCUT2D eigenvalue weighted by atomic mass is 9.81. The zero-order valence-electron chi connectivity index (χ0n) is 15.5. The molecule has 5 nitrogen and oxygen atoms in total. The van der Waals surface area contributed by atoms with E-state index in [4.69, 9.17) is 16.3 Å². The summed E-state index contributed by atoms with van der Waals surface area (Å²) >= 11 is 5.94. The van der Waals surface area contributed by atoms with Crippen molar-refractivity contribution in [3.8, 4) is 28.4 Å². The number of rotatable bonds is 4. The maximum absolute atomic E-state index is 13.0. The maximum atomic E-state index is 13.0. The van der Waals surface area contributed by atoms with Gasteiger partial charge in [-0.2, -0.15) is 0 Å². The van der Waals surface area contributed by atoms with Crippen molar-refractivity contribution in [2.45, 2.75) is 13.3 Å². The fourth-order valence-electron chi connectivity index (χ4n) is 3.47. The summed E-state index contributed by atoms with van der Waals surface area (Å²) in [4.78, 5) is 25.9. The summed E-state index contributed by atoms with van der Waals surface area (Å²) in [5.41, 5.74) is 0.924. The molecule has 0 radical (unpaired) electrons. The van der Waals surface area contributed by atoms with Crippen LogP contribution in [0.1, 0.15) is 45.2 Å². The van der Waals surface area contributed by atoms with E-state index in [1.54, 1.807) is 30.3 Å². The van der Waals surface area contributed by atoms with E-state index in [0.717, 1.165) is 6.42 Å². The molecule has 0 fully saturated rings. The summed E-state index contributed by atoms with van der Waals surface area (Å²) in [7, 11) is 0. The quantitative estimate of drug-likeness (QED) is 0.497. The van der Waals surface area contributed by atoms with Gasteiger partial charge in [0.1, 0.15) is 17.2 Å². The van der Waals surface area contributed by atoms with E-state index in [9.17, 15) is 19.8 Å². The minimum atomic E-state index is -0.561. The van der Waals surface area contributed by atoms with Crippen LogP contribution in [0.2, 0.25) is 5.02 Å². The molecule has 0 unspecified atom stereocenters. The third-order valence-corrected chi connectivity index (χ3v) is 5.06. The van der Waals surface area contributed by atoms with Crippen LogP contribution in [0, 0.1) is 0 Å². The third-order valence-electron chi connectivity index (χ3n) is 4.84. The average Bonchev–Trinajstić information content (AvgIpc) is 2.70. The van der Waals surface area contributed by atoms with E-state index >= 15 is 0 Å². The van der Waals surface area contributed by atoms with Gasteiger partial charge in [-0.05, 0) is 48.4 Å². The molecular weight excluding hydrogens is 392 g/mol. The van der Waals surface area contributed by atoms with Gasteiger partial charge in [-0.3, -0.25) is 9.59 Å². The van der Waals surface area contributed by atoms with Crippen molar-refractivity contribution in [3.63, 3.8) is 0 Å². The number of hydrogen-bond donors (Lipinski definition) is 2. The van der Waals surface area contributed by atoms with Gasteiger partial charge in [0.15, 0.2) is 11.6 Å².